The zero-order valence-corrected chi connectivity index (χ0v) is 16.4. The largest absolute Gasteiger partial charge is 0.456 e. The van der Waals surface area contributed by atoms with Gasteiger partial charge in [-0.1, -0.05) is 30.3 Å². The lowest BCUT2D eigenvalue weighted by atomic mass is 10.2. The zero-order chi connectivity index (χ0) is 19.6. The normalized spacial score (nSPS) is 11.3. The molecule has 0 saturated carbocycles. The second-order valence-electron chi connectivity index (χ2n) is 5.84. The molecule has 0 aliphatic heterocycles. The molecule has 0 fully saturated rings. The maximum absolute atomic E-state index is 13.7. The minimum Gasteiger partial charge on any atom is -0.456 e. The molecule has 2 aromatic carbocycles. The van der Waals surface area contributed by atoms with E-state index in [4.69, 9.17) is 4.74 Å². The Morgan fingerprint density at radius 1 is 1.04 bits per heavy atom. The number of anilines is 2. The van der Waals surface area contributed by atoms with Crippen molar-refractivity contribution in [2.45, 2.75) is 11.8 Å². The highest BCUT2D eigenvalue weighted by Crippen LogP contribution is 2.38. The number of para-hydroxylation sites is 2. The molecule has 7 nitrogen and oxygen atoms in total. The summed E-state index contributed by atoms with van der Waals surface area (Å²) in [6, 6.07) is 15.7. The number of hydrogen-bond acceptors (Lipinski definition) is 6. The number of benzene rings is 2. The first kappa shape index (κ1) is 18.2. The van der Waals surface area contributed by atoms with Gasteiger partial charge in [-0.15, -0.1) is 11.3 Å². The molecule has 1 N–H and O–H groups in total. The molecule has 2 heterocycles. The number of nitrogens with zero attached hydrogens (tertiary/aromatic N) is 3. The van der Waals surface area contributed by atoms with Crippen LogP contribution in [0, 0.1) is 6.92 Å². The van der Waals surface area contributed by atoms with Crippen LogP contribution in [-0.2, 0) is 10.0 Å². The van der Waals surface area contributed by atoms with Gasteiger partial charge in [-0.2, -0.15) is 9.40 Å². The fraction of sp³-hybridized carbons (Fsp3) is 0.0526. The molecular formula is C19H16N4O3S2. The van der Waals surface area contributed by atoms with Crippen LogP contribution in [0.1, 0.15) is 5.56 Å². The van der Waals surface area contributed by atoms with Crippen molar-refractivity contribution in [1.82, 2.24) is 15.2 Å². The van der Waals surface area contributed by atoms with Crippen LogP contribution in [0.25, 0.3) is 0 Å². The van der Waals surface area contributed by atoms with Gasteiger partial charge >= 0.3 is 0 Å². The molecule has 0 aliphatic carbocycles. The Hall–Kier alpha value is -3.17. The number of H-pyrrole nitrogens is 1. The van der Waals surface area contributed by atoms with Crippen molar-refractivity contribution in [1.29, 1.82) is 0 Å². The molecule has 0 amide bonds. The molecule has 2 aromatic heterocycles. The third-order valence-electron chi connectivity index (χ3n) is 3.96. The Morgan fingerprint density at radius 3 is 2.54 bits per heavy atom. The Kier molecular flexibility index (Phi) is 4.84. The van der Waals surface area contributed by atoms with Gasteiger partial charge in [0.15, 0.2) is 5.75 Å². The number of ether oxygens (including phenoxy) is 1. The lowest BCUT2D eigenvalue weighted by Gasteiger charge is -2.22. The molecule has 9 heteroatoms. The van der Waals surface area contributed by atoms with E-state index < -0.39 is 10.0 Å². The summed E-state index contributed by atoms with van der Waals surface area (Å²) in [5.74, 6) is 1.12. The Balaban J connectivity index is 1.86. The third-order valence-corrected chi connectivity index (χ3v) is 6.55. The summed E-state index contributed by atoms with van der Waals surface area (Å²) in [6.07, 6.45) is 3.04. The minimum absolute atomic E-state index is 0.0427. The van der Waals surface area contributed by atoms with Crippen LogP contribution in [0.2, 0.25) is 0 Å². The van der Waals surface area contributed by atoms with Crippen molar-refractivity contribution in [2.24, 2.45) is 0 Å². The molecule has 0 bridgehead atoms. The number of aromatic amines is 1. The van der Waals surface area contributed by atoms with Gasteiger partial charge in [0, 0.05) is 17.6 Å². The predicted octanol–water partition coefficient (Wildman–Crippen LogP) is 4.49. The summed E-state index contributed by atoms with van der Waals surface area (Å²) in [5.41, 5.74) is 0.702. The van der Waals surface area contributed by atoms with Crippen molar-refractivity contribution >= 4 is 32.3 Å². The average Bonchev–Trinajstić information content (AvgIpc) is 3.39. The fourth-order valence-electron chi connectivity index (χ4n) is 2.68. The van der Waals surface area contributed by atoms with E-state index in [-0.39, 0.29) is 10.6 Å². The third kappa shape index (κ3) is 3.37. The number of thiazole rings is 1. The monoisotopic (exact) mass is 412 g/mol. The highest BCUT2D eigenvalue weighted by molar-refractivity contribution is 7.93. The highest BCUT2D eigenvalue weighted by atomic mass is 32.2. The second kappa shape index (κ2) is 7.45. The highest BCUT2D eigenvalue weighted by Gasteiger charge is 2.33. The maximum atomic E-state index is 13.7. The topological polar surface area (TPSA) is 88.2 Å². The van der Waals surface area contributed by atoms with E-state index in [1.54, 1.807) is 48.8 Å². The van der Waals surface area contributed by atoms with Crippen LogP contribution in [0.4, 0.5) is 10.9 Å². The van der Waals surface area contributed by atoms with Gasteiger partial charge in [0.25, 0.3) is 10.0 Å². The molecule has 4 rings (SSSR count). The standard InChI is InChI=1S/C19H16N4O3S2/c1-14-6-5-9-16(18(14)26-15-7-3-2-4-8-15)28(24,25)23(17-10-11-21-22-17)19-20-12-13-27-19/h2-13H,1H3,(H,21,22). The summed E-state index contributed by atoms with van der Waals surface area (Å²) in [6.45, 7) is 1.81. The average molecular weight is 412 g/mol. The second-order valence-corrected chi connectivity index (χ2v) is 8.47. The van der Waals surface area contributed by atoms with E-state index in [1.165, 1.54) is 23.6 Å². The van der Waals surface area contributed by atoms with Crippen molar-refractivity contribution in [3.63, 3.8) is 0 Å². The van der Waals surface area contributed by atoms with Crippen LogP contribution >= 0.6 is 11.3 Å². The molecule has 142 valence electrons. The fourth-order valence-corrected chi connectivity index (χ4v) is 5.16. The van der Waals surface area contributed by atoms with Gasteiger partial charge in [-0.3, -0.25) is 5.10 Å². The summed E-state index contributed by atoms with van der Waals surface area (Å²) >= 11 is 1.21. The van der Waals surface area contributed by atoms with Crippen molar-refractivity contribution in [3.8, 4) is 11.5 Å². The van der Waals surface area contributed by atoms with Gasteiger partial charge in [0.1, 0.15) is 16.5 Å². The Labute approximate surface area is 166 Å². The molecule has 0 unspecified atom stereocenters. The number of hydrogen-bond donors (Lipinski definition) is 1. The summed E-state index contributed by atoms with van der Waals surface area (Å²) in [4.78, 5) is 4.22. The Bertz CT molecular complexity index is 1130. The molecule has 28 heavy (non-hydrogen) atoms. The van der Waals surface area contributed by atoms with Crippen molar-refractivity contribution < 1.29 is 13.2 Å². The molecule has 0 atom stereocenters. The lowest BCUT2D eigenvalue weighted by Crippen LogP contribution is -2.27. The quantitative estimate of drug-likeness (QED) is 0.504. The van der Waals surface area contributed by atoms with Crippen LogP contribution in [0.5, 0.6) is 11.5 Å². The summed E-state index contributed by atoms with van der Waals surface area (Å²) in [7, 11) is -4.04. The first-order chi connectivity index (χ1) is 13.6. The lowest BCUT2D eigenvalue weighted by molar-refractivity contribution is 0.463. The number of nitrogens with one attached hydrogen (secondary N) is 1. The van der Waals surface area contributed by atoms with Crippen LogP contribution in [0.3, 0.4) is 0 Å². The molecule has 4 aromatic rings. The first-order valence-electron chi connectivity index (χ1n) is 8.34. The number of sulfonamides is 1. The molecule has 0 spiro atoms. The smallest absolute Gasteiger partial charge is 0.275 e. The predicted molar refractivity (Wildman–Crippen MR) is 108 cm³/mol. The van der Waals surface area contributed by atoms with Gasteiger partial charge < -0.3 is 4.74 Å². The SMILES string of the molecule is Cc1cccc(S(=O)(=O)N(c2ccn[nH]2)c2nccs2)c1Oc1ccccc1. The van der Waals surface area contributed by atoms with E-state index >= 15 is 0 Å². The summed E-state index contributed by atoms with van der Waals surface area (Å²) in [5, 5.41) is 8.61. The van der Waals surface area contributed by atoms with Crippen LogP contribution in [0.15, 0.2) is 77.3 Å². The molecular weight excluding hydrogens is 396 g/mol. The van der Waals surface area contributed by atoms with Crippen molar-refractivity contribution in [2.75, 3.05) is 4.31 Å². The van der Waals surface area contributed by atoms with Crippen molar-refractivity contribution in [3.05, 3.63) is 77.9 Å². The van der Waals surface area contributed by atoms with E-state index in [0.717, 1.165) is 4.31 Å². The van der Waals surface area contributed by atoms with Crippen LogP contribution < -0.4 is 9.04 Å². The molecule has 0 saturated heterocycles. The van der Waals surface area contributed by atoms with Gasteiger partial charge in [-0.25, -0.2) is 13.4 Å². The summed E-state index contributed by atoms with van der Waals surface area (Å²) < 4.78 is 34.4. The Morgan fingerprint density at radius 2 is 1.86 bits per heavy atom. The zero-order valence-electron chi connectivity index (χ0n) is 14.8. The van der Waals surface area contributed by atoms with E-state index in [0.29, 0.717) is 22.3 Å². The first-order valence-corrected chi connectivity index (χ1v) is 10.7. The van der Waals surface area contributed by atoms with Gasteiger partial charge in [-0.05, 0) is 30.7 Å². The van der Waals surface area contributed by atoms with Gasteiger partial charge in [0.05, 0.1) is 6.20 Å². The number of aromatic nitrogens is 3. The minimum atomic E-state index is -4.04. The maximum Gasteiger partial charge on any atom is 0.275 e. The van der Waals surface area contributed by atoms with E-state index in [1.807, 2.05) is 18.2 Å². The van der Waals surface area contributed by atoms with E-state index in [2.05, 4.69) is 15.2 Å². The molecule has 0 radical (unpaired) electrons. The van der Waals surface area contributed by atoms with E-state index in [9.17, 15) is 8.42 Å². The number of aryl methyl sites for hydroxylation is 1. The number of rotatable bonds is 6. The van der Waals surface area contributed by atoms with Crippen LogP contribution in [-0.4, -0.2) is 23.6 Å². The van der Waals surface area contributed by atoms with Gasteiger partial charge in [0.2, 0.25) is 5.13 Å². The molecule has 0 aliphatic rings.